The van der Waals surface area contributed by atoms with Crippen LogP contribution in [0.5, 0.6) is 0 Å². The number of aliphatic carboxylic acids is 1. The number of alkyl halides is 3. The summed E-state index contributed by atoms with van der Waals surface area (Å²) in [5.41, 5.74) is 0.453. The molecule has 3 unspecified atom stereocenters. The van der Waals surface area contributed by atoms with E-state index in [9.17, 15) is 27.5 Å². The van der Waals surface area contributed by atoms with Gasteiger partial charge < -0.3 is 5.11 Å². The Morgan fingerprint density at radius 2 is 1.87 bits per heavy atom. The van der Waals surface area contributed by atoms with Crippen LogP contribution in [-0.2, 0) is 11.0 Å². The molecular weight excluding hydrogens is 414 g/mol. The Kier molecular flexibility index (Phi) is 5.07. The van der Waals surface area contributed by atoms with Crippen LogP contribution in [0, 0.1) is 11.8 Å². The number of aliphatic imine (C=N–C) groups is 1. The molecule has 2 aliphatic heterocycles. The zero-order valence-corrected chi connectivity index (χ0v) is 16.7. The van der Waals surface area contributed by atoms with Gasteiger partial charge in [0.05, 0.1) is 22.9 Å². The molecule has 3 aliphatic rings. The van der Waals surface area contributed by atoms with Crippen molar-refractivity contribution in [3.8, 4) is 0 Å². The number of carboxylic acid groups (broad SMARTS) is 1. The molecule has 0 saturated heterocycles. The predicted molar refractivity (Wildman–Crippen MR) is 107 cm³/mol. The number of nitrogens with zero attached hydrogens (tertiary/aromatic N) is 3. The van der Waals surface area contributed by atoms with E-state index >= 15 is 0 Å². The molecule has 1 aliphatic carbocycles. The molecule has 0 radical (unpaired) electrons. The van der Waals surface area contributed by atoms with Crippen molar-refractivity contribution in [2.75, 3.05) is 0 Å². The summed E-state index contributed by atoms with van der Waals surface area (Å²) in [6, 6.07) is 4.51. The summed E-state index contributed by atoms with van der Waals surface area (Å²) >= 11 is 0. The first-order valence-corrected chi connectivity index (χ1v) is 9.71. The highest BCUT2D eigenvalue weighted by Crippen LogP contribution is 2.38. The standard InChI is InChI=1S/C22H19F4N3O2/c1-11-3-8-15(16(23)9-11)18-10-17(13-4-6-14(7-5-13)22(24,25)26)27-20-12(2)19(21(30)31)28-29(18)20/h3-8,10-12,20H,9H2,1-2H3,(H,30,31). The summed E-state index contributed by atoms with van der Waals surface area (Å²) in [5.74, 6) is -2.14. The van der Waals surface area contributed by atoms with E-state index in [2.05, 4.69) is 10.1 Å². The number of hydrazone groups is 1. The van der Waals surface area contributed by atoms with Crippen molar-refractivity contribution in [1.29, 1.82) is 0 Å². The van der Waals surface area contributed by atoms with Gasteiger partial charge in [-0.15, -0.1) is 0 Å². The minimum Gasteiger partial charge on any atom is -0.477 e. The van der Waals surface area contributed by atoms with Crippen LogP contribution in [0.4, 0.5) is 17.6 Å². The average Bonchev–Trinajstić information content (AvgIpc) is 3.04. The highest BCUT2D eigenvalue weighted by molar-refractivity contribution is 6.37. The largest absolute Gasteiger partial charge is 0.477 e. The molecule has 0 bridgehead atoms. The van der Waals surface area contributed by atoms with E-state index in [1.807, 2.05) is 13.0 Å². The van der Waals surface area contributed by atoms with Crippen molar-refractivity contribution < 1.29 is 27.5 Å². The van der Waals surface area contributed by atoms with Gasteiger partial charge in [0.2, 0.25) is 0 Å². The fraction of sp³-hybridized carbons (Fsp3) is 0.318. The van der Waals surface area contributed by atoms with Gasteiger partial charge in [-0.25, -0.2) is 14.2 Å². The normalized spacial score (nSPS) is 25.8. The minimum absolute atomic E-state index is 0.0161. The monoisotopic (exact) mass is 433 g/mol. The Morgan fingerprint density at radius 3 is 2.45 bits per heavy atom. The molecule has 1 aromatic carbocycles. The third kappa shape index (κ3) is 3.80. The zero-order valence-electron chi connectivity index (χ0n) is 16.7. The zero-order chi connectivity index (χ0) is 22.5. The number of fused-ring (bicyclic) bond motifs is 1. The summed E-state index contributed by atoms with van der Waals surface area (Å²) in [7, 11) is 0. The van der Waals surface area contributed by atoms with E-state index in [1.165, 1.54) is 23.2 Å². The van der Waals surface area contributed by atoms with Crippen LogP contribution in [-0.4, -0.2) is 33.7 Å². The number of carboxylic acids is 1. The summed E-state index contributed by atoms with van der Waals surface area (Å²) < 4.78 is 53.6. The van der Waals surface area contributed by atoms with Crippen molar-refractivity contribution in [2.24, 2.45) is 21.9 Å². The molecule has 4 rings (SSSR count). The Bertz CT molecular complexity index is 1080. The van der Waals surface area contributed by atoms with Gasteiger partial charge in [-0.3, -0.25) is 4.99 Å². The van der Waals surface area contributed by atoms with Crippen LogP contribution in [0.1, 0.15) is 31.4 Å². The second-order valence-corrected chi connectivity index (χ2v) is 7.82. The predicted octanol–water partition coefficient (Wildman–Crippen LogP) is 4.93. The van der Waals surface area contributed by atoms with E-state index in [0.29, 0.717) is 17.0 Å². The second kappa shape index (κ2) is 7.47. The average molecular weight is 433 g/mol. The second-order valence-electron chi connectivity index (χ2n) is 7.82. The lowest BCUT2D eigenvalue weighted by Gasteiger charge is -2.31. The molecule has 162 valence electrons. The number of benzene rings is 1. The number of halogens is 4. The molecule has 0 fully saturated rings. The molecule has 0 saturated carbocycles. The maximum Gasteiger partial charge on any atom is 0.416 e. The van der Waals surface area contributed by atoms with Crippen LogP contribution in [0.15, 0.2) is 69.7 Å². The lowest BCUT2D eigenvalue weighted by atomic mass is 9.93. The number of hydrogen-bond donors (Lipinski definition) is 1. The Hall–Kier alpha value is -3.23. The van der Waals surface area contributed by atoms with Crippen molar-refractivity contribution >= 4 is 17.4 Å². The van der Waals surface area contributed by atoms with Crippen LogP contribution >= 0.6 is 0 Å². The van der Waals surface area contributed by atoms with E-state index < -0.39 is 29.8 Å². The first kappa shape index (κ1) is 21.0. The quantitative estimate of drug-likeness (QED) is 0.688. The summed E-state index contributed by atoms with van der Waals surface area (Å²) in [6.07, 6.45) is -0.00188. The lowest BCUT2D eigenvalue weighted by molar-refractivity contribution is -0.137. The van der Waals surface area contributed by atoms with E-state index in [0.717, 1.165) is 12.1 Å². The Balaban J connectivity index is 1.80. The molecule has 1 aromatic rings. The van der Waals surface area contributed by atoms with Crippen LogP contribution < -0.4 is 0 Å². The van der Waals surface area contributed by atoms with E-state index in [-0.39, 0.29) is 29.5 Å². The van der Waals surface area contributed by atoms with Gasteiger partial charge in [-0.05, 0) is 29.7 Å². The first-order valence-electron chi connectivity index (χ1n) is 9.71. The van der Waals surface area contributed by atoms with Crippen molar-refractivity contribution in [1.82, 2.24) is 5.01 Å². The topological polar surface area (TPSA) is 65.3 Å². The van der Waals surface area contributed by atoms with Gasteiger partial charge in [-0.1, -0.05) is 38.1 Å². The number of rotatable bonds is 3. The minimum atomic E-state index is -4.47. The van der Waals surface area contributed by atoms with Crippen molar-refractivity contribution in [2.45, 2.75) is 32.6 Å². The Morgan fingerprint density at radius 1 is 1.19 bits per heavy atom. The molecule has 0 amide bonds. The molecule has 0 aromatic heterocycles. The summed E-state index contributed by atoms with van der Waals surface area (Å²) in [5, 5.41) is 15.0. The highest BCUT2D eigenvalue weighted by Gasteiger charge is 2.42. The molecule has 31 heavy (non-hydrogen) atoms. The molecule has 3 atom stereocenters. The van der Waals surface area contributed by atoms with Gasteiger partial charge in [0, 0.05) is 12.0 Å². The van der Waals surface area contributed by atoms with Gasteiger partial charge in [0.1, 0.15) is 5.83 Å². The molecule has 5 nitrogen and oxygen atoms in total. The highest BCUT2D eigenvalue weighted by atomic mass is 19.4. The van der Waals surface area contributed by atoms with Crippen LogP contribution in [0.3, 0.4) is 0 Å². The number of hydrogen-bond acceptors (Lipinski definition) is 4. The Labute approximate surface area is 175 Å². The van der Waals surface area contributed by atoms with Gasteiger partial charge in [0.25, 0.3) is 0 Å². The fourth-order valence-corrected chi connectivity index (χ4v) is 3.82. The van der Waals surface area contributed by atoms with Gasteiger partial charge >= 0.3 is 12.1 Å². The van der Waals surface area contributed by atoms with Gasteiger partial charge in [0.15, 0.2) is 11.9 Å². The lowest BCUT2D eigenvalue weighted by Crippen LogP contribution is -2.35. The SMILES string of the molecule is CC1C=CC(C2=CC(c3ccc(C(F)(F)F)cc3)=NC3C(C)C(C(=O)O)=NN23)=C(F)C1. The molecular formula is C22H19F4N3O2. The third-order valence-electron chi connectivity index (χ3n) is 5.52. The fourth-order valence-electron chi connectivity index (χ4n) is 3.82. The van der Waals surface area contributed by atoms with E-state index in [4.69, 9.17) is 0 Å². The summed E-state index contributed by atoms with van der Waals surface area (Å²) in [6.45, 7) is 3.52. The maximum absolute atomic E-state index is 14.8. The summed E-state index contributed by atoms with van der Waals surface area (Å²) in [4.78, 5) is 16.1. The third-order valence-corrected chi connectivity index (χ3v) is 5.52. The van der Waals surface area contributed by atoms with E-state index in [1.54, 1.807) is 13.0 Å². The van der Waals surface area contributed by atoms with Crippen molar-refractivity contribution in [3.63, 3.8) is 0 Å². The van der Waals surface area contributed by atoms with Crippen LogP contribution in [0.2, 0.25) is 0 Å². The van der Waals surface area contributed by atoms with Gasteiger partial charge in [-0.2, -0.15) is 18.3 Å². The maximum atomic E-state index is 14.8. The first-order chi connectivity index (χ1) is 14.6. The smallest absolute Gasteiger partial charge is 0.416 e. The molecule has 1 N–H and O–H groups in total. The molecule has 0 spiro atoms. The number of carbonyl (C=O) groups is 1. The van der Waals surface area contributed by atoms with Crippen molar-refractivity contribution in [3.05, 3.63) is 70.7 Å². The molecule has 2 heterocycles. The number of allylic oxidation sites excluding steroid dienone is 4. The van der Waals surface area contributed by atoms with Crippen LogP contribution in [0.25, 0.3) is 0 Å². The molecule has 9 heteroatoms.